The van der Waals surface area contributed by atoms with Crippen LogP contribution in [-0.4, -0.2) is 22.7 Å². The second-order valence-corrected chi connectivity index (χ2v) is 3.00. The van der Waals surface area contributed by atoms with Crippen LogP contribution in [0.5, 0.6) is 0 Å². The number of hydrogen-bond acceptors (Lipinski definition) is 2. The molecule has 0 amide bonds. The minimum absolute atomic E-state index is 0.938. The van der Waals surface area contributed by atoms with Gasteiger partial charge in [0.1, 0.15) is 0 Å². The first-order chi connectivity index (χ1) is 6.70. The lowest BCUT2D eigenvalue weighted by molar-refractivity contribution is 1.25. The normalized spacial score (nSPS) is 13.1. The standard InChI is InChI=1S/C11H15N3/c1-5-6-10(8(2)12-4)11-9(3)13-7-14-11/h5-7H,1H2,2-4H3,(H,13,14)/b10-6+,12-8?. The Kier molecular flexibility index (Phi) is 3.40. The zero-order chi connectivity index (χ0) is 10.6. The van der Waals surface area contributed by atoms with Crippen LogP contribution in [0.2, 0.25) is 0 Å². The highest BCUT2D eigenvalue weighted by Crippen LogP contribution is 2.16. The van der Waals surface area contributed by atoms with E-state index in [0.717, 1.165) is 22.7 Å². The van der Waals surface area contributed by atoms with Crippen molar-refractivity contribution >= 4 is 11.3 Å². The zero-order valence-corrected chi connectivity index (χ0v) is 8.83. The molecule has 1 rings (SSSR count). The van der Waals surface area contributed by atoms with Gasteiger partial charge in [-0.05, 0) is 13.8 Å². The summed E-state index contributed by atoms with van der Waals surface area (Å²) in [7, 11) is 1.77. The summed E-state index contributed by atoms with van der Waals surface area (Å²) in [6, 6.07) is 0. The first-order valence-corrected chi connectivity index (χ1v) is 4.47. The molecule has 3 nitrogen and oxygen atoms in total. The molecule has 0 atom stereocenters. The average Bonchev–Trinajstić information content (AvgIpc) is 2.60. The summed E-state index contributed by atoms with van der Waals surface area (Å²) in [5.41, 5.74) is 3.95. The van der Waals surface area contributed by atoms with Gasteiger partial charge in [0.2, 0.25) is 0 Å². The van der Waals surface area contributed by atoms with Crippen LogP contribution >= 0.6 is 0 Å². The van der Waals surface area contributed by atoms with Crippen LogP contribution in [0.15, 0.2) is 30.1 Å². The second-order valence-electron chi connectivity index (χ2n) is 3.00. The molecule has 0 saturated carbocycles. The Labute approximate surface area is 84.3 Å². The third-order valence-electron chi connectivity index (χ3n) is 2.09. The third kappa shape index (κ3) is 1.99. The third-order valence-corrected chi connectivity index (χ3v) is 2.09. The van der Waals surface area contributed by atoms with E-state index in [2.05, 4.69) is 21.5 Å². The van der Waals surface area contributed by atoms with Gasteiger partial charge in [-0.1, -0.05) is 18.7 Å². The first kappa shape index (κ1) is 10.4. The topological polar surface area (TPSA) is 41.0 Å². The smallest absolute Gasteiger partial charge is 0.0929 e. The van der Waals surface area contributed by atoms with Gasteiger partial charge in [-0.25, -0.2) is 4.98 Å². The molecule has 0 unspecified atom stereocenters. The Morgan fingerprint density at radius 1 is 1.64 bits per heavy atom. The summed E-state index contributed by atoms with van der Waals surface area (Å²) in [6.07, 6.45) is 5.36. The van der Waals surface area contributed by atoms with E-state index in [0.29, 0.717) is 0 Å². The predicted molar refractivity (Wildman–Crippen MR) is 60.5 cm³/mol. The minimum Gasteiger partial charge on any atom is -0.348 e. The van der Waals surface area contributed by atoms with Crippen LogP contribution in [0.1, 0.15) is 18.3 Å². The lowest BCUT2D eigenvalue weighted by atomic mass is 10.1. The van der Waals surface area contributed by atoms with Gasteiger partial charge in [-0.2, -0.15) is 0 Å². The number of rotatable bonds is 3. The highest BCUT2D eigenvalue weighted by molar-refractivity contribution is 6.22. The molecule has 0 saturated heterocycles. The van der Waals surface area contributed by atoms with Gasteiger partial charge in [-0.3, -0.25) is 4.99 Å². The van der Waals surface area contributed by atoms with Crippen LogP contribution in [0.25, 0.3) is 5.57 Å². The first-order valence-electron chi connectivity index (χ1n) is 4.47. The molecule has 1 N–H and O–H groups in total. The van der Waals surface area contributed by atoms with Crippen molar-refractivity contribution in [2.75, 3.05) is 7.05 Å². The summed E-state index contributed by atoms with van der Waals surface area (Å²) in [4.78, 5) is 11.4. The number of aromatic amines is 1. The zero-order valence-electron chi connectivity index (χ0n) is 8.83. The monoisotopic (exact) mass is 189 g/mol. The number of hydrogen-bond donors (Lipinski definition) is 1. The van der Waals surface area contributed by atoms with E-state index >= 15 is 0 Å². The molecule has 14 heavy (non-hydrogen) atoms. The summed E-state index contributed by atoms with van der Waals surface area (Å²) in [5, 5.41) is 0. The number of imidazole rings is 1. The van der Waals surface area contributed by atoms with Crippen molar-refractivity contribution in [1.82, 2.24) is 9.97 Å². The van der Waals surface area contributed by atoms with E-state index < -0.39 is 0 Å². The lowest BCUT2D eigenvalue weighted by Gasteiger charge is -2.03. The highest BCUT2D eigenvalue weighted by Gasteiger charge is 2.09. The summed E-state index contributed by atoms with van der Waals surface area (Å²) in [5.74, 6) is 0. The molecule has 0 spiro atoms. The summed E-state index contributed by atoms with van der Waals surface area (Å²) >= 11 is 0. The van der Waals surface area contributed by atoms with Gasteiger partial charge in [0.25, 0.3) is 0 Å². The largest absolute Gasteiger partial charge is 0.348 e. The fourth-order valence-corrected chi connectivity index (χ4v) is 1.24. The molecule has 0 bridgehead atoms. The summed E-state index contributed by atoms with van der Waals surface area (Å²) in [6.45, 7) is 7.64. The predicted octanol–water partition coefficient (Wildman–Crippen LogP) is 2.38. The highest BCUT2D eigenvalue weighted by atomic mass is 14.9. The Balaban J connectivity index is 3.21. The minimum atomic E-state index is 0.938. The molecule has 74 valence electrons. The molecular weight excluding hydrogens is 174 g/mol. The number of nitrogens with zero attached hydrogens (tertiary/aromatic N) is 2. The second kappa shape index (κ2) is 4.56. The van der Waals surface area contributed by atoms with Crippen molar-refractivity contribution in [2.45, 2.75) is 13.8 Å². The molecule has 0 aliphatic rings. The number of H-pyrrole nitrogens is 1. The van der Waals surface area contributed by atoms with Crippen LogP contribution in [0.4, 0.5) is 0 Å². The average molecular weight is 189 g/mol. The molecule has 1 aromatic rings. The molecule has 0 aromatic carbocycles. The molecule has 1 heterocycles. The van der Waals surface area contributed by atoms with Crippen molar-refractivity contribution in [3.8, 4) is 0 Å². The Morgan fingerprint density at radius 2 is 2.36 bits per heavy atom. The van der Waals surface area contributed by atoms with Crippen molar-refractivity contribution < 1.29 is 0 Å². The fraction of sp³-hybridized carbons (Fsp3) is 0.273. The number of nitrogens with one attached hydrogen (secondary N) is 1. The molecule has 0 aliphatic carbocycles. The van der Waals surface area contributed by atoms with Gasteiger partial charge in [0, 0.05) is 24.0 Å². The van der Waals surface area contributed by atoms with Crippen LogP contribution in [0, 0.1) is 6.92 Å². The number of aryl methyl sites for hydroxylation is 1. The van der Waals surface area contributed by atoms with Gasteiger partial charge >= 0.3 is 0 Å². The quantitative estimate of drug-likeness (QED) is 0.575. The van der Waals surface area contributed by atoms with E-state index in [1.54, 1.807) is 19.5 Å². The van der Waals surface area contributed by atoms with Crippen molar-refractivity contribution in [3.63, 3.8) is 0 Å². The van der Waals surface area contributed by atoms with Crippen LogP contribution in [-0.2, 0) is 0 Å². The maximum absolute atomic E-state index is 4.25. The Hall–Kier alpha value is -1.64. The number of aromatic nitrogens is 2. The maximum Gasteiger partial charge on any atom is 0.0929 e. The van der Waals surface area contributed by atoms with Gasteiger partial charge in [0.05, 0.1) is 12.0 Å². The van der Waals surface area contributed by atoms with Gasteiger partial charge < -0.3 is 4.98 Å². The fourth-order valence-electron chi connectivity index (χ4n) is 1.24. The van der Waals surface area contributed by atoms with Gasteiger partial charge in [0.15, 0.2) is 0 Å². The van der Waals surface area contributed by atoms with E-state index in [4.69, 9.17) is 0 Å². The van der Waals surface area contributed by atoms with E-state index in [-0.39, 0.29) is 0 Å². The van der Waals surface area contributed by atoms with Crippen molar-refractivity contribution in [2.24, 2.45) is 4.99 Å². The lowest BCUT2D eigenvalue weighted by Crippen LogP contribution is -1.98. The van der Waals surface area contributed by atoms with E-state index in [9.17, 15) is 0 Å². The van der Waals surface area contributed by atoms with Gasteiger partial charge in [-0.15, -0.1) is 0 Å². The van der Waals surface area contributed by atoms with E-state index in [1.807, 2.05) is 19.9 Å². The Bertz CT molecular complexity index is 383. The van der Waals surface area contributed by atoms with E-state index in [1.165, 1.54) is 0 Å². The molecule has 3 heteroatoms. The molecular formula is C11H15N3. The molecule has 1 aromatic heterocycles. The number of aliphatic imine (C=N–C) groups is 1. The molecule has 0 aliphatic heterocycles. The molecule has 0 radical (unpaired) electrons. The Morgan fingerprint density at radius 3 is 2.79 bits per heavy atom. The molecule has 0 fully saturated rings. The SMILES string of the molecule is C=C/C=C(\C(C)=NC)c1nc[nH]c1C. The number of allylic oxidation sites excluding steroid dienone is 3. The van der Waals surface area contributed by atoms with Crippen LogP contribution < -0.4 is 0 Å². The summed E-state index contributed by atoms with van der Waals surface area (Å²) < 4.78 is 0. The van der Waals surface area contributed by atoms with Crippen molar-refractivity contribution in [1.29, 1.82) is 0 Å². The maximum atomic E-state index is 4.25. The van der Waals surface area contributed by atoms with Crippen molar-refractivity contribution in [3.05, 3.63) is 36.4 Å². The van der Waals surface area contributed by atoms with Crippen LogP contribution in [0.3, 0.4) is 0 Å².